The Balaban J connectivity index is 1.80. The molecule has 0 saturated heterocycles. The normalized spacial score (nSPS) is 23.6. The summed E-state index contributed by atoms with van der Waals surface area (Å²) in [6.45, 7) is 0. The van der Waals surface area contributed by atoms with Gasteiger partial charge >= 0.3 is 0 Å². The van der Waals surface area contributed by atoms with E-state index in [0.717, 1.165) is 18.4 Å². The molecule has 86 valence electrons. The average molecular weight is 222 g/mol. The van der Waals surface area contributed by atoms with Crippen molar-refractivity contribution in [3.63, 3.8) is 0 Å². The molecule has 0 unspecified atom stereocenters. The molecular weight excluding hydrogens is 207 g/mol. The van der Waals surface area contributed by atoms with Gasteiger partial charge in [0, 0.05) is 12.1 Å². The Kier molecular flexibility index (Phi) is 3.19. The van der Waals surface area contributed by atoms with Gasteiger partial charge in [-0.3, -0.25) is 4.79 Å². The third kappa shape index (κ3) is 2.79. The molecule has 16 heavy (non-hydrogen) atoms. The van der Waals surface area contributed by atoms with Crippen LogP contribution in [0.2, 0.25) is 0 Å². The average Bonchev–Trinajstić information content (AvgIpc) is 2.19. The van der Waals surface area contributed by atoms with Crippen molar-refractivity contribution < 1.29 is 9.18 Å². The Morgan fingerprint density at radius 3 is 2.56 bits per heavy atom. The number of halogens is 1. The number of amides is 1. The highest BCUT2D eigenvalue weighted by molar-refractivity contribution is 5.78. The Morgan fingerprint density at radius 2 is 2.00 bits per heavy atom. The van der Waals surface area contributed by atoms with Crippen LogP contribution in [0.25, 0.3) is 0 Å². The van der Waals surface area contributed by atoms with Gasteiger partial charge in [-0.25, -0.2) is 4.39 Å². The fraction of sp³-hybridized carbons (Fsp3) is 0.417. The van der Waals surface area contributed by atoms with E-state index in [4.69, 9.17) is 5.73 Å². The van der Waals surface area contributed by atoms with Crippen molar-refractivity contribution in [1.29, 1.82) is 0 Å². The quantitative estimate of drug-likeness (QED) is 0.800. The minimum atomic E-state index is -0.283. The number of benzene rings is 1. The van der Waals surface area contributed by atoms with Crippen molar-refractivity contribution in [2.45, 2.75) is 31.3 Å². The van der Waals surface area contributed by atoms with E-state index in [1.165, 1.54) is 12.1 Å². The van der Waals surface area contributed by atoms with Gasteiger partial charge in [0.15, 0.2) is 0 Å². The molecule has 1 aromatic rings. The van der Waals surface area contributed by atoms with Crippen LogP contribution >= 0.6 is 0 Å². The predicted molar refractivity (Wildman–Crippen MR) is 59.2 cm³/mol. The molecule has 0 radical (unpaired) electrons. The van der Waals surface area contributed by atoms with Gasteiger partial charge in [0.1, 0.15) is 5.82 Å². The first-order chi connectivity index (χ1) is 7.63. The molecule has 1 aromatic carbocycles. The predicted octanol–water partition coefficient (Wildman–Crippen LogP) is 0.974. The second-order valence-electron chi connectivity index (χ2n) is 4.30. The van der Waals surface area contributed by atoms with Crippen LogP contribution < -0.4 is 11.1 Å². The molecule has 0 atom stereocenters. The molecule has 0 heterocycles. The van der Waals surface area contributed by atoms with Crippen LogP contribution in [0.5, 0.6) is 0 Å². The van der Waals surface area contributed by atoms with E-state index in [1.54, 1.807) is 12.1 Å². The van der Waals surface area contributed by atoms with Gasteiger partial charge in [-0.2, -0.15) is 0 Å². The molecule has 1 aliphatic rings. The van der Waals surface area contributed by atoms with Gasteiger partial charge in [0.05, 0.1) is 6.42 Å². The molecule has 1 fully saturated rings. The molecule has 4 heteroatoms. The molecule has 1 saturated carbocycles. The van der Waals surface area contributed by atoms with Crippen LogP contribution in [-0.2, 0) is 11.2 Å². The fourth-order valence-corrected chi connectivity index (χ4v) is 1.85. The lowest BCUT2D eigenvalue weighted by Crippen LogP contribution is -2.50. The van der Waals surface area contributed by atoms with Gasteiger partial charge < -0.3 is 11.1 Å². The van der Waals surface area contributed by atoms with Crippen molar-refractivity contribution in [3.8, 4) is 0 Å². The molecule has 0 spiro atoms. The zero-order valence-electron chi connectivity index (χ0n) is 8.95. The minimum Gasteiger partial charge on any atom is -0.353 e. The zero-order chi connectivity index (χ0) is 11.5. The Labute approximate surface area is 93.8 Å². The molecule has 0 aromatic heterocycles. The summed E-state index contributed by atoms with van der Waals surface area (Å²) in [6.07, 6.45) is 2.01. The lowest BCUT2D eigenvalue weighted by molar-refractivity contribution is -0.121. The summed E-state index contributed by atoms with van der Waals surface area (Å²) < 4.78 is 12.6. The maximum Gasteiger partial charge on any atom is 0.224 e. The molecular formula is C12H15FN2O. The molecule has 1 aliphatic carbocycles. The van der Waals surface area contributed by atoms with Crippen LogP contribution in [-0.4, -0.2) is 18.0 Å². The van der Waals surface area contributed by atoms with E-state index in [-0.39, 0.29) is 23.8 Å². The molecule has 1 amide bonds. The van der Waals surface area contributed by atoms with E-state index >= 15 is 0 Å². The van der Waals surface area contributed by atoms with Gasteiger partial charge in [0.25, 0.3) is 0 Å². The summed E-state index contributed by atoms with van der Waals surface area (Å²) in [4.78, 5) is 11.6. The summed E-state index contributed by atoms with van der Waals surface area (Å²) in [7, 11) is 0. The van der Waals surface area contributed by atoms with Crippen molar-refractivity contribution in [2.75, 3.05) is 0 Å². The number of carbonyl (C=O) groups excluding carboxylic acids is 1. The minimum absolute atomic E-state index is 0.0245. The lowest BCUT2D eigenvalue weighted by atomic mass is 9.87. The lowest BCUT2D eigenvalue weighted by Gasteiger charge is -2.32. The highest BCUT2D eigenvalue weighted by atomic mass is 19.1. The second-order valence-corrected chi connectivity index (χ2v) is 4.30. The van der Waals surface area contributed by atoms with E-state index in [0.29, 0.717) is 6.42 Å². The molecule has 3 nitrogen and oxygen atoms in total. The van der Waals surface area contributed by atoms with Gasteiger partial charge in [0.2, 0.25) is 5.91 Å². The van der Waals surface area contributed by atoms with E-state index < -0.39 is 0 Å². The Bertz CT molecular complexity index is 371. The maximum atomic E-state index is 12.6. The van der Waals surface area contributed by atoms with Gasteiger partial charge in [-0.05, 0) is 30.5 Å². The highest BCUT2D eigenvalue weighted by Crippen LogP contribution is 2.17. The van der Waals surface area contributed by atoms with Crippen LogP contribution in [0.3, 0.4) is 0 Å². The number of hydrogen-bond acceptors (Lipinski definition) is 2. The summed E-state index contributed by atoms with van der Waals surface area (Å²) >= 11 is 0. The first kappa shape index (κ1) is 11.1. The van der Waals surface area contributed by atoms with Crippen molar-refractivity contribution in [2.24, 2.45) is 5.73 Å². The summed E-state index contributed by atoms with van der Waals surface area (Å²) in [5.74, 6) is -0.308. The van der Waals surface area contributed by atoms with Crippen molar-refractivity contribution in [1.82, 2.24) is 5.32 Å². The van der Waals surface area contributed by atoms with Crippen LogP contribution in [0.1, 0.15) is 18.4 Å². The topological polar surface area (TPSA) is 55.1 Å². The number of nitrogens with two attached hydrogens (primary N) is 1. The first-order valence-corrected chi connectivity index (χ1v) is 5.43. The van der Waals surface area contributed by atoms with E-state index in [1.807, 2.05) is 0 Å². The molecule has 3 N–H and O–H groups in total. The van der Waals surface area contributed by atoms with Crippen LogP contribution in [0, 0.1) is 5.82 Å². The summed E-state index contributed by atoms with van der Waals surface area (Å²) in [5.41, 5.74) is 6.44. The Morgan fingerprint density at radius 1 is 1.38 bits per heavy atom. The maximum absolute atomic E-state index is 12.6. The number of nitrogens with one attached hydrogen (secondary N) is 1. The van der Waals surface area contributed by atoms with E-state index in [9.17, 15) is 9.18 Å². The largest absolute Gasteiger partial charge is 0.353 e. The number of hydrogen-bond donors (Lipinski definition) is 2. The second kappa shape index (κ2) is 4.61. The summed E-state index contributed by atoms with van der Waals surface area (Å²) in [6, 6.07) is 6.44. The monoisotopic (exact) mass is 222 g/mol. The molecule has 0 aliphatic heterocycles. The zero-order valence-corrected chi connectivity index (χ0v) is 8.95. The van der Waals surface area contributed by atoms with Gasteiger partial charge in [-0.15, -0.1) is 0 Å². The van der Waals surface area contributed by atoms with E-state index in [2.05, 4.69) is 5.32 Å². The number of rotatable bonds is 3. The van der Waals surface area contributed by atoms with Gasteiger partial charge in [-0.1, -0.05) is 12.1 Å². The van der Waals surface area contributed by atoms with Crippen molar-refractivity contribution in [3.05, 3.63) is 35.6 Å². The molecule has 0 bridgehead atoms. The van der Waals surface area contributed by atoms with Crippen LogP contribution in [0.4, 0.5) is 4.39 Å². The standard InChI is InChI=1S/C12H15FN2O/c13-9-3-1-8(2-4-9)5-12(16)15-11-6-10(14)7-11/h1-4,10-11H,5-7,14H2,(H,15,16). The SMILES string of the molecule is NC1CC(NC(=O)Cc2ccc(F)cc2)C1. The molecule has 2 rings (SSSR count). The number of carbonyl (C=O) groups is 1. The Hall–Kier alpha value is -1.42. The third-order valence-corrected chi connectivity index (χ3v) is 2.82. The smallest absolute Gasteiger partial charge is 0.224 e. The summed E-state index contributed by atoms with van der Waals surface area (Å²) in [5, 5.41) is 2.90. The highest BCUT2D eigenvalue weighted by Gasteiger charge is 2.26. The van der Waals surface area contributed by atoms with Crippen molar-refractivity contribution >= 4 is 5.91 Å². The fourth-order valence-electron chi connectivity index (χ4n) is 1.85. The van der Waals surface area contributed by atoms with Crippen LogP contribution in [0.15, 0.2) is 24.3 Å². The third-order valence-electron chi connectivity index (χ3n) is 2.82. The first-order valence-electron chi connectivity index (χ1n) is 5.43.